The van der Waals surface area contributed by atoms with Gasteiger partial charge in [-0.05, 0) is 102 Å². The summed E-state index contributed by atoms with van der Waals surface area (Å²) < 4.78 is 5.63. The molecule has 252 valence electrons. The number of aliphatic hydroxyl groups is 1. The van der Waals surface area contributed by atoms with Gasteiger partial charge in [0.2, 0.25) is 12.1 Å². The summed E-state index contributed by atoms with van der Waals surface area (Å²) in [6, 6.07) is 4.46. The van der Waals surface area contributed by atoms with Crippen LogP contribution in [-0.2, 0) is 32.0 Å². The first kappa shape index (κ1) is 35.3. The molecule has 1 saturated carbocycles. The first-order valence-electron chi connectivity index (χ1n) is 16.2. The summed E-state index contributed by atoms with van der Waals surface area (Å²) in [4.78, 5) is 59.6. The number of nitrogens with zero attached hydrogens (tertiary/aromatic N) is 2. The van der Waals surface area contributed by atoms with Gasteiger partial charge in [0.15, 0.2) is 0 Å². The van der Waals surface area contributed by atoms with Crippen molar-refractivity contribution in [2.45, 2.75) is 103 Å². The molecule has 12 heteroatoms. The van der Waals surface area contributed by atoms with Crippen molar-refractivity contribution < 1.29 is 29.0 Å². The van der Waals surface area contributed by atoms with E-state index >= 15 is 0 Å². The Morgan fingerprint density at radius 2 is 1.76 bits per heavy atom. The Kier molecular flexibility index (Phi) is 11.5. The molecule has 4 rings (SSSR count). The van der Waals surface area contributed by atoms with E-state index in [1.54, 1.807) is 31.3 Å². The van der Waals surface area contributed by atoms with Crippen molar-refractivity contribution in [3.63, 3.8) is 0 Å². The number of amides is 3. The lowest BCUT2D eigenvalue weighted by atomic mass is 9.81. The number of aromatic nitrogens is 1. The highest BCUT2D eigenvalue weighted by Crippen LogP contribution is 2.35. The van der Waals surface area contributed by atoms with Crippen LogP contribution in [0.4, 0.5) is 5.82 Å². The average molecular weight is 656 g/mol. The van der Waals surface area contributed by atoms with Crippen molar-refractivity contribution in [2.75, 3.05) is 19.4 Å². The van der Waals surface area contributed by atoms with Crippen molar-refractivity contribution in [2.24, 2.45) is 17.8 Å². The minimum absolute atomic E-state index is 0.0193. The van der Waals surface area contributed by atoms with Gasteiger partial charge < -0.3 is 30.7 Å². The second kappa shape index (κ2) is 14.9. The maximum Gasteiger partial charge on any atom is 0.309 e. The maximum atomic E-state index is 13.6. The maximum absolute atomic E-state index is 13.6. The zero-order valence-corrected chi connectivity index (χ0v) is 28.8. The Bertz CT molecular complexity index is 1380. The summed E-state index contributed by atoms with van der Waals surface area (Å²) in [7, 11) is 3.42. The zero-order chi connectivity index (χ0) is 33.8. The van der Waals surface area contributed by atoms with Gasteiger partial charge in [0.05, 0.1) is 16.8 Å². The molecule has 3 amide bonds. The number of esters is 1. The van der Waals surface area contributed by atoms with E-state index in [0.717, 1.165) is 41.7 Å². The molecule has 46 heavy (non-hydrogen) atoms. The van der Waals surface area contributed by atoms with Gasteiger partial charge in [-0.25, -0.2) is 4.98 Å². The predicted octanol–water partition coefficient (Wildman–Crippen LogP) is 3.83. The second-order valence-corrected chi connectivity index (χ2v) is 15.1. The van der Waals surface area contributed by atoms with Gasteiger partial charge in [0, 0.05) is 37.1 Å². The van der Waals surface area contributed by atoms with Crippen molar-refractivity contribution in [3.05, 3.63) is 45.3 Å². The minimum Gasteiger partial charge on any atom is -0.460 e. The molecule has 2 aliphatic rings. The summed E-state index contributed by atoms with van der Waals surface area (Å²) in [5, 5.41) is 19.2. The van der Waals surface area contributed by atoms with Gasteiger partial charge in [0.1, 0.15) is 11.4 Å². The third-order valence-electron chi connectivity index (χ3n) is 8.86. The Morgan fingerprint density at radius 1 is 1.04 bits per heavy atom. The molecule has 0 saturated heterocycles. The molecule has 2 aromatic heterocycles. The number of anilines is 1. The van der Waals surface area contributed by atoms with E-state index in [0.29, 0.717) is 30.0 Å². The second-order valence-electron chi connectivity index (χ2n) is 13.9. The van der Waals surface area contributed by atoms with Gasteiger partial charge in [-0.15, -0.1) is 11.3 Å². The fourth-order valence-electron chi connectivity index (χ4n) is 6.24. The number of rotatable bonds is 9. The summed E-state index contributed by atoms with van der Waals surface area (Å²) in [5.41, 5.74) is 1.56. The fourth-order valence-corrected chi connectivity index (χ4v) is 7.37. The summed E-state index contributed by atoms with van der Waals surface area (Å²) >= 11 is 1.46. The highest BCUT2D eigenvalue weighted by molar-refractivity contribution is 7.14. The number of aliphatic hydroxyl groups excluding tert-OH is 1. The number of hydrogen-bond donors (Lipinski definition) is 4. The van der Waals surface area contributed by atoms with Crippen LogP contribution in [0.5, 0.6) is 0 Å². The fraction of sp³-hybridized carbons (Fsp3) is 0.618. The van der Waals surface area contributed by atoms with Crippen molar-refractivity contribution >= 4 is 40.8 Å². The molecule has 0 bridgehead atoms. The number of pyridine rings is 1. The topological polar surface area (TPSA) is 150 Å². The molecule has 2 heterocycles. The largest absolute Gasteiger partial charge is 0.460 e. The van der Waals surface area contributed by atoms with Crippen LogP contribution in [0.25, 0.3) is 0 Å². The quantitative estimate of drug-likeness (QED) is 0.181. The van der Waals surface area contributed by atoms with Crippen LogP contribution in [-0.4, -0.2) is 76.7 Å². The molecule has 2 aliphatic carbocycles. The number of carbonyl (C=O) groups excluding carboxylic acids is 4. The van der Waals surface area contributed by atoms with Gasteiger partial charge in [0.25, 0.3) is 11.8 Å². The van der Waals surface area contributed by atoms with Crippen LogP contribution in [0.15, 0.2) is 24.4 Å². The van der Waals surface area contributed by atoms with E-state index in [4.69, 9.17) is 4.74 Å². The van der Waals surface area contributed by atoms with Crippen LogP contribution < -0.4 is 16.0 Å². The molecule has 0 spiro atoms. The number of nitrogens with one attached hydrogen (secondary N) is 3. The lowest BCUT2D eigenvalue weighted by molar-refractivity contribution is -0.161. The average Bonchev–Trinajstić information content (AvgIpc) is 3.30. The molecule has 6 atom stereocenters. The molecule has 0 radical (unpaired) electrons. The molecular weight excluding hydrogens is 606 g/mol. The van der Waals surface area contributed by atoms with Crippen molar-refractivity contribution in [3.8, 4) is 0 Å². The number of ether oxygens (including phenoxy) is 1. The molecule has 3 unspecified atom stereocenters. The highest BCUT2D eigenvalue weighted by Gasteiger charge is 2.38. The van der Waals surface area contributed by atoms with Crippen LogP contribution in [0.1, 0.15) is 85.5 Å². The first-order valence-corrected chi connectivity index (χ1v) is 17.0. The van der Waals surface area contributed by atoms with E-state index < -0.39 is 29.8 Å². The smallest absolute Gasteiger partial charge is 0.309 e. The highest BCUT2D eigenvalue weighted by atomic mass is 32.1. The third-order valence-corrected chi connectivity index (χ3v) is 10.1. The summed E-state index contributed by atoms with van der Waals surface area (Å²) in [6.45, 7) is 9.47. The molecule has 0 aliphatic heterocycles. The number of carbonyl (C=O) groups is 4. The van der Waals surface area contributed by atoms with Gasteiger partial charge in [-0.3, -0.25) is 19.2 Å². The molecule has 11 nitrogen and oxygen atoms in total. The van der Waals surface area contributed by atoms with Gasteiger partial charge in [-0.1, -0.05) is 13.0 Å². The van der Waals surface area contributed by atoms with Crippen LogP contribution >= 0.6 is 11.3 Å². The summed E-state index contributed by atoms with van der Waals surface area (Å²) in [5.74, 6) is -1.00. The molecule has 2 aromatic rings. The van der Waals surface area contributed by atoms with Crippen LogP contribution in [0, 0.1) is 24.7 Å². The minimum atomic E-state index is -1.54. The van der Waals surface area contributed by atoms with Crippen LogP contribution in [0.3, 0.4) is 0 Å². The molecular formula is C34H49N5O6S. The number of fused-ring (bicyclic) bond motifs is 1. The molecule has 1 fully saturated rings. The van der Waals surface area contributed by atoms with Crippen molar-refractivity contribution in [1.29, 1.82) is 0 Å². The number of aryl methyl sites for hydroxylation is 3. The lowest BCUT2D eigenvalue weighted by Crippen LogP contribution is -2.57. The third kappa shape index (κ3) is 9.28. The Labute approximate surface area is 275 Å². The molecule has 0 aromatic carbocycles. The number of thiophene rings is 1. The van der Waals surface area contributed by atoms with Gasteiger partial charge >= 0.3 is 5.97 Å². The monoisotopic (exact) mass is 655 g/mol. The normalized spacial score (nSPS) is 22.8. The summed E-state index contributed by atoms with van der Waals surface area (Å²) in [6.07, 6.45) is 4.72. The van der Waals surface area contributed by atoms with E-state index in [2.05, 4.69) is 20.9 Å². The van der Waals surface area contributed by atoms with Gasteiger partial charge in [-0.2, -0.15) is 0 Å². The Balaban J connectivity index is 1.41. The molecule has 4 N–H and O–H groups in total. The lowest BCUT2D eigenvalue weighted by Gasteiger charge is -2.37. The Hall–Kier alpha value is -3.51. The van der Waals surface area contributed by atoms with Crippen molar-refractivity contribution in [1.82, 2.24) is 20.5 Å². The van der Waals surface area contributed by atoms with E-state index in [1.807, 2.05) is 46.8 Å². The number of hydrogen-bond acceptors (Lipinski definition) is 9. The predicted molar refractivity (Wildman–Crippen MR) is 177 cm³/mol. The Morgan fingerprint density at radius 3 is 2.41 bits per heavy atom. The van der Waals surface area contributed by atoms with E-state index in [9.17, 15) is 24.3 Å². The zero-order valence-electron chi connectivity index (χ0n) is 28.0. The van der Waals surface area contributed by atoms with Crippen LogP contribution in [0.2, 0.25) is 0 Å². The van der Waals surface area contributed by atoms with E-state index in [-0.39, 0.29) is 35.5 Å². The van der Waals surface area contributed by atoms with E-state index in [1.165, 1.54) is 11.3 Å². The standard InChI is InChI=1S/C34H49N5O6S/c1-19-8-15-28(35-18-19)38-31(42)30(41)36-24-13-11-23(32(43)39(6)7)16-25(24)37-29(40)27-17-22-10-9-21(12-14-26(22)46-27)20(2)33(44)45-34(3,4)5/h8,15,17-18,20-21,23-25,31,42H,9-14,16H2,1-7H3,(H,35,38)(H,36,41)(H,37,40)/t20?,21?,23-,24-,25+,31?/m0/s1. The SMILES string of the molecule is Cc1ccc(NC(O)C(=O)N[C@H]2CC[C@H](C(=O)N(C)C)C[C@H]2NC(=O)c2cc3c(s2)CCC(C(C)C(=O)OC(C)(C)C)CC3)nc1. The first-order chi connectivity index (χ1) is 21.6.